The van der Waals surface area contributed by atoms with E-state index in [0.29, 0.717) is 11.4 Å². The molecule has 168 valence electrons. The average molecular weight is 435 g/mol. The number of anilines is 1. The molecule has 1 aliphatic heterocycles. The smallest absolute Gasteiger partial charge is 0.249 e. The topological polar surface area (TPSA) is 98.6 Å². The molecule has 3 aromatic rings. The number of fused-ring (bicyclic) bond motifs is 1. The van der Waals surface area contributed by atoms with Crippen molar-refractivity contribution in [1.29, 1.82) is 0 Å². The number of carbonyl (C=O) groups is 1. The fourth-order valence-corrected chi connectivity index (χ4v) is 4.07. The van der Waals surface area contributed by atoms with Gasteiger partial charge in [-0.15, -0.1) is 0 Å². The van der Waals surface area contributed by atoms with E-state index in [-0.39, 0.29) is 23.6 Å². The molecule has 1 amide bonds. The van der Waals surface area contributed by atoms with E-state index in [1.165, 1.54) is 0 Å². The van der Waals surface area contributed by atoms with Gasteiger partial charge in [0.2, 0.25) is 5.91 Å². The Hall–Kier alpha value is -3.19. The number of aliphatic hydroxyl groups excluding tert-OH is 1. The van der Waals surface area contributed by atoms with Gasteiger partial charge in [0.15, 0.2) is 5.82 Å². The van der Waals surface area contributed by atoms with Gasteiger partial charge in [-0.05, 0) is 55.5 Å². The largest absolute Gasteiger partial charge is 0.507 e. The third kappa shape index (κ3) is 4.53. The molecule has 7 nitrogen and oxygen atoms in total. The number of nitrogens with zero attached hydrogens (tertiary/aromatic N) is 3. The average Bonchev–Trinajstić information content (AvgIpc) is 2.78. The fourth-order valence-electron chi connectivity index (χ4n) is 4.07. The van der Waals surface area contributed by atoms with Crippen LogP contribution in [-0.4, -0.2) is 51.3 Å². The number of rotatable bonds is 5. The lowest BCUT2D eigenvalue weighted by molar-refractivity contribution is -0.132. The first kappa shape index (κ1) is 22.0. The van der Waals surface area contributed by atoms with Gasteiger partial charge in [-0.2, -0.15) is 0 Å². The maximum Gasteiger partial charge on any atom is 0.249 e. The van der Waals surface area contributed by atoms with Gasteiger partial charge in [0.05, 0.1) is 11.1 Å². The maximum absolute atomic E-state index is 12.2. The molecule has 0 aliphatic carbocycles. The first-order valence-electron chi connectivity index (χ1n) is 11.1. The van der Waals surface area contributed by atoms with Crippen molar-refractivity contribution in [1.82, 2.24) is 15.3 Å². The minimum atomic E-state index is -0.983. The summed E-state index contributed by atoms with van der Waals surface area (Å²) in [7, 11) is 0. The number of hydrogen-bond donors (Lipinski definition) is 3. The van der Waals surface area contributed by atoms with Gasteiger partial charge < -0.3 is 20.4 Å². The molecule has 3 N–H and O–H groups in total. The van der Waals surface area contributed by atoms with Gasteiger partial charge in [-0.3, -0.25) is 4.79 Å². The van der Waals surface area contributed by atoms with Crippen molar-refractivity contribution < 1.29 is 15.0 Å². The molecule has 0 radical (unpaired) electrons. The number of nitrogens with one attached hydrogen (secondary N) is 1. The van der Waals surface area contributed by atoms with Crippen LogP contribution in [-0.2, 0) is 4.79 Å². The van der Waals surface area contributed by atoms with Crippen molar-refractivity contribution in [2.45, 2.75) is 45.8 Å². The molecular formula is C25H30N4O3. The van der Waals surface area contributed by atoms with Crippen LogP contribution >= 0.6 is 0 Å². The Morgan fingerprint density at radius 2 is 1.84 bits per heavy atom. The van der Waals surface area contributed by atoms with Crippen LogP contribution in [0.5, 0.6) is 5.75 Å². The monoisotopic (exact) mass is 434 g/mol. The summed E-state index contributed by atoms with van der Waals surface area (Å²) in [5.74, 6) is 1.06. The lowest BCUT2D eigenvalue weighted by atomic mass is 10.0. The number of phenolic OH excluding ortho intramolecular Hbond substituents is 1. The maximum atomic E-state index is 12.2. The Kier molecular flexibility index (Phi) is 6.28. The minimum absolute atomic E-state index is 0.0279. The van der Waals surface area contributed by atoms with Gasteiger partial charge in [0.25, 0.3) is 0 Å². The number of para-hydroxylation sites is 1. The Labute approximate surface area is 188 Å². The quantitative estimate of drug-likeness (QED) is 0.569. The fraction of sp³-hybridized carbons (Fsp3) is 0.400. The lowest BCUT2D eigenvalue weighted by Gasteiger charge is -2.34. The number of amides is 1. The molecule has 0 bridgehead atoms. The number of aromatic hydroxyl groups is 1. The number of carbonyl (C=O) groups excluding carboxylic acids is 1. The van der Waals surface area contributed by atoms with Crippen molar-refractivity contribution in [2.75, 3.05) is 18.0 Å². The van der Waals surface area contributed by atoms with E-state index in [1.807, 2.05) is 45.0 Å². The number of aliphatic hydroxyl groups is 1. The van der Waals surface area contributed by atoms with Crippen LogP contribution in [0, 0.1) is 12.8 Å². The van der Waals surface area contributed by atoms with E-state index in [4.69, 9.17) is 9.97 Å². The van der Waals surface area contributed by atoms with E-state index in [9.17, 15) is 15.0 Å². The molecule has 2 heterocycles. The molecule has 2 aromatic carbocycles. The Morgan fingerprint density at radius 1 is 1.12 bits per heavy atom. The minimum Gasteiger partial charge on any atom is -0.507 e. The summed E-state index contributed by atoms with van der Waals surface area (Å²) in [6.45, 7) is 7.14. The Balaban J connectivity index is 1.60. The summed E-state index contributed by atoms with van der Waals surface area (Å²) in [6, 6.07) is 13.2. The second-order valence-electron chi connectivity index (χ2n) is 8.87. The second-order valence-corrected chi connectivity index (χ2v) is 8.87. The number of aryl methyl sites for hydroxylation is 1. The predicted molar refractivity (Wildman–Crippen MR) is 126 cm³/mol. The molecule has 0 saturated carbocycles. The van der Waals surface area contributed by atoms with Crippen LogP contribution in [0.3, 0.4) is 0 Å². The Morgan fingerprint density at radius 3 is 2.53 bits per heavy atom. The van der Waals surface area contributed by atoms with Crippen molar-refractivity contribution in [3.8, 4) is 17.1 Å². The highest BCUT2D eigenvalue weighted by Crippen LogP contribution is 2.33. The van der Waals surface area contributed by atoms with E-state index >= 15 is 0 Å². The van der Waals surface area contributed by atoms with Gasteiger partial charge in [-0.1, -0.05) is 32.0 Å². The van der Waals surface area contributed by atoms with Crippen LogP contribution in [0.2, 0.25) is 0 Å². The molecule has 1 aromatic heterocycles. The molecule has 7 heteroatoms. The molecule has 0 spiro atoms. The van der Waals surface area contributed by atoms with Crippen LogP contribution < -0.4 is 10.2 Å². The molecular weight excluding hydrogens is 404 g/mol. The number of hydrogen-bond acceptors (Lipinski definition) is 6. The molecule has 1 fully saturated rings. The first-order valence-corrected chi connectivity index (χ1v) is 11.1. The third-order valence-corrected chi connectivity index (χ3v) is 6.02. The number of phenols is 1. The van der Waals surface area contributed by atoms with Crippen molar-refractivity contribution in [3.63, 3.8) is 0 Å². The van der Waals surface area contributed by atoms with E-state index < -0.39 is 6.10 Å². The Bertz CT molecular complexity index is 1120. The van der Waals surface area contributed by atoms with Crippen LogP contribution in [0.4, 0.5) is 5.82 Å². The third-order valence-electron chi connectivity index (χ3n) is 6.02. The van der Waals surface area contributed by atoms with Crippen LogP contribution in [0.15, 0.2) is 42.5 Å². The van der Waals surface area contributed by atoms with E-state index in [2.05, 4.69) is 16.3 Å². The summed E-state index contributed by atoms with van der Waals surface area (Å²) < 4.78 is 0. The zero-order valence-electron chi connectivity index (χ0n) is 18.7. The lowest BCUT2D eigenvalue weighted by Crippen LogP contribution is -2.48. The molecule has 32 heavy (non-hydrogen) atoms. The van der Waals surface area contributed by atoms with E-state index in [0.717, 1.165) is 48.2 Å². The van der Waals surface area contributed by atoms with Crippen LogP contribution in [0.1, 0.15) is 32.3 Å². The van der Waals surface area contributed by atoms with Gasteiger partial charge in [0, 0.05) is 24.5 Å². The zero-order valence-corrected chi connectivity index (χ0v) is 18.7. The molecule has 1 atom stereocenters. The summed E-state index contributed by atoms with van der Waals surface area (Å²) in [5, 5.41) is 24.3. The van der Waals surface area contributed by atoms with Gasteiger partial charge >= 0.3 is 0 Å². The number of aromatic nitrogens is 2. The highest BCUT2D eigenvalue weighted by atomic mass is 16.3. The summed E-state index contributed by atoms with van der Waals surface area (Å²) >= 11 is 0. The first-order chi connectivity index (χ1) is 15.3. The number of piperidine rings is 1. The normalized spacial score (nSPS) is 15.8. The highest BCUT2D eigenvalue weighted by Gasteiger charge is 2.27. The predicted octanol–water partition coefficient (Wildman–Crippen LogP) is 3.41. The molecule has 1 unspecified atom stereocenters. The summed E-state index contributed by atoms with van der Waals surface area (Å²) in [4.78, 5) is 24.0. The zero-order chi connectivity index (χ0) is 22.8. The van der Waals surface area contributed by atoms with Crippen molar-refractivity contribution in [3.05, 3.63) is 48.0 Å². The van der Waals surface area contributed by atoms with E-state index in [1.54, 1.807) is 12.1 Å². The summed E-state index contributed by atoms with van der Waals surface area (Å²) in [6.07, 6.45) is 0.544. The van der Waals surface area contributed by atoms with Gasteiger partial charge in [0.1, 0.15) is 17.7 Å². The SMILES string of the molecule is Cc1ccc2c(N3CCC(NC(=O)C(O)C(C)C)CC3)nc(-c3ccccc3O)nc2c1. The summed E-state index contributed by atoms with van der Waals surface area (Å²) in [5.41, 5.74) is 2.54. The van der Waals surface area contributed by atoms with Crippen molar-refractivity contribution in [2.24, 2.45) is 5.92 Å². The standard InChI is InChI=1S/C25H30N4O3/c1-15(2)22(31)25(32)26-17-10-12-29(13-11-17)24-18-9-8-16(3)14-20(18)27-23(28-24)19-6-4-5-7-21(19)30/h4-9,14-15,17,22,30-31H,10-13H2,1-3H3,(H,26,32). The molecule has 1 aliphatic rings. The van der Waals surface area contributed by atoms with Gasteiger partial charge in [-0.25, -0.2) is 9.97 Å². The molecule has 1 saturated heterocycles. The number of benzene rings is 2. The highest BCUT2D eigenvalue weighted by molar-refractivity contribution is 5.92. The molecule has 4 rings (SSSR count). The second kappa shape index (κ2) is 9.12. The van der Waals surface area contributed by atoms with Crippen LogP contribution in [0.25, 0.3) is 22.3 Å². The van der Waals surface area contributed by atoms with Crippen molar-refractivity contribution >= 4 is 22.6 Å².